The van der Waals surface area contributed by atoms with Crippen molar-refractivity contribution in [3.8, 4) is 0 Å². The van der Waals surface area contributed by atoms with Crippen LogP contribution in [-0.2, 0) is 0 Å². The van der Waals surface area contributed by atoms with Crippen LogP contribution in [0.1, 0.15) is 49.4 Å². The van der Waals surface area contributed by atoms with Gasteiger partial charge in [-0.3, -0.25) is 4.79 Å². The topological polar surface area (TPSA) is 62.5 Å². The fourth-order valence-corrected chi connectivity index (χ4v) is 1.83. The Bertz CT molecular complexity index is 382. The van der Waals surface area contributed by atoms with Gasteiger partial charge in [-0.2, -0.15) is 0 Å². The minimum Gasteiger partial charge on any atom is -0.458 e. The average Bonchev–Trinajstić information content (AvgIpc) is 2.73. The molecule has 0 aliphatic rings. The van der Waals surface area contributed by atoms with Crippen LogP contribution >= 0.6 is 0 Å². The number of aliphatic hydroxyl groups is 1. The maximum atomic E-state index is 11.8. The molecule has 0 saturated carbocycles. The number of ketones is 1. The average molecular weight is 253 g/mol. The maximum absolute atomic E-state index is 11.8. The summed E-state index contributed by atoms with van der Waals surface area (Å²) in [4.78, 5) is 11.8. The Morgan fingerprint density at radius 3 is 2.72 bits per heavy atom. The number of hydrogen-bond donors (Lipinski definition) is 2. The van der Waals surface area contributed by atoms with E-state index < -0.39 is 0 Å². The summed E-state index contributed by atoms with van der Waals surface area (Å²) < 4.78 is 5.28. The Kier molecular flexibility index (Phi) is 5.56. The first kappa shape index (κ1) is 14.9. The molecule has 0 unspecified atom stereocenters. The van der Waals surface area contributed by atoms with E-state index in [9.17, 15) is 4.79 Å². The molecule has 1 aromatic rings. The number of aliphatic hydroxyl groups excluding tert-OH is 1. The van der Waals surface area contributed by atoms with Crippen LogP contribution < -0.4 is 5.32 Å². The molecule has 0 spiro atoms. The van der Waals surface area contributed by atoms with Gasteiger partial charge in [0.25, 0.3) is 0 Å². The third-order valence-electron chi connectivity index (χ3n) is 2.93. The molecule has 0 atom stereocenters. The summed E-state index contributed by atoms with van der Waals surface area (Å²) in [7, 11) is 0. The van der Waals surface area contributed by atoms with Crippen LogP contribution in [0.2, 0.25) is 0 Å². The number of furan rings is 1. The summed E-state index contributed by atoms with van der Waals surface area (Å²) >= 11 is 0. The van der Waals surface area contributed by atoms with E-state index in [1.165, 1.54) is 0 Å². The van der Waals surface area contributed by atoms with E-state index in [1.54, 1.807) is 12.1 Å². The first-order chi connectivity index (χ1) is 8.44. The predicted molar refractivity (Wildman–Crippen MR) is 70.8 cm³/mol. The molecule has 1 heterocycles. The number of Topliss-reactive ketones (excluding diaryl/α,β-unsaturated/α-hetero) is 1. The van der Waals surface area contributed by atoms with E-state index >= 15 is 0 Å². The van der Waals surface area contributed by atoms with Gasteiger partial charge in [0.2, 0.25) is 0 Å². The molecule has 0 saturated heterocycles. The lowest BCUT2D eigenvalue weighted by molar-refractivity contribution is 0.0951. The van der Waals surface area contributed by atoms with Crippen LogP contribution in [0.5, 0.6) is 0 Å². The molecule has 0 aliphatic carbocycles. The molecule has 102 valence electrons. The third kappa shape index (κ3) is 5.02. The predicted octanol–water partition coefficient (Wildman–Crippen LogP) is 2.30. The molecule has 18 heavy (non-hydrogen) atoms. The molecule has 1 aromatic heterocycles. The van der Waals surface area contributed by atoms with Crippen molar-refractivity contribution >= 4 is 5.78 Å². The second-order valence-electron chi connectivity index (χ2n) is 5.22. The number of nitrogens with one attached hydrogen (secondary N) is 1. The molecule has 0 amide bonds. The van der Waals surface area contributed by atoms with E-state index in [1.807, 2.05) is 6.92 Å². The Hall–Kier alpha value is -1.13. The smallest absolute Gasteiger partial charge is 0.199 e. The third-order valence-corrected chi connectivity index (χ3v) is 2.93. The minimum atomic E-state index is -0.0535. The van der Waals surface area contributed by atoms with Crippen LogP contribution in [0.25, 0.3) is 0 Å². The van der Waals surface area contributed by atoms with Gasteiger partial charge < -0.3 is 14.8 Å². The highest BCUT2D eigenvalue weighted by molar-refractivity contribution is 5.93. The van der Waals surface area contributed by atoms with Crippen molar-refractivity contribution in [3.05, 3.63) is 23.7 Å². The normalized spacial score (nSPS) is 11.8. The minimum absolute atomic E-state index is 0.0218. The standard InChI is InChI=1S/C14H23NO3/c1-11-5-6-13(18-11)12(17)7-9-15-14(2,3)8-4-10-16/h5-6,15-16H,4,7-10H2,1-3H3. The Morgan fingerprint density at radius 1 is 1.44 bits per heavy atom. The van der Waals surface area contributed by atoms with E-state index in [4.69, 9.17) is 9.52 Å². The first-order valence-electron chi connectivity index (χ1n) is 6.40. The number of carbonyl (C=O) groups is 1. The molecule has 0 fully saturated rings. The van der Waals surface area contributed by atoms with Crippen molar-refractivity contribution in [1.82, 2.24) is 5.32 Å². The lowest BCUT2D eigenvalue weighted by atomic mass is 9.98. The van der Waals surface area contributed by atoms with Crippen LogP contribution in [0.3, 0.4) is 0 Å². The van der Waals surface area contributed by atoms with E-state index in [2.05, 4.69) is 19.2 Å². The molecule has 4 heteroatoms. The Morgan fingerprint density at radius 2 is 2.17 bits per heavy atom. The summed E-state index contributed by atoms with van der Waals surface area (Å²) in [6.07, 6.45) is 2.08. The van der Waals surface area contributed by atoms with E-state index in [0.29, 0.717) is 18.7 Å². The summed E-state index contributed by atoms with van der Waals surface area (Å²) in [5.41, 5.74) is -0.0535. The zero-order valence-electron chi connectivity index (χ0n) is 11.5. The fraction of sp³-hybridized carbons (Fsp3) is 0.643. The molecule has 4 nitrogen and oxygen atoms in total. The largest absolute Gasteiger partial charge is 0.458 e. The second kappa shape index (κ2) is 6.71. The van der Waals surface area contributed by atoms with Crippen molar-refractivity contribution in [2.45, 2.75) is 45.6 Å². The van der Waals surface area contributed by atoms with Gasteiger partial charge in [-0.15, -0.1) is 0 Å². The van der Waals surface area contributed by atoms with Gasteiger partial charge >= 0.3 is 0 Å². The zero-order valence-corrected chi connectivity index (χ0v) is 11.5. The fourth-order valence-electron chi connectivity index (χ4n) is 1.83. The first-order valence-corrected chi connectivity index (χ1v) is 6.40. The highest BCUT2D eigenvalue weighted by atomic mass is 16.3. The molecular formula is C14H23NO3. The lowest BCUT2D eigenvalue weighted by Gasteiger charge is -2.25. The Labute approximate surface area is 108 Å². The summed E-state index contributed by atoms with van der Waals surface area (Å²) in [5.74, 6) is 1.21. The molecular weight excluding hydrogens is 230 g/mol. The number of hydrogen-bond acceptors (Lipinski definition) is 4. The second-order valence-corrected chi connectivity index (χ2v) is 5.22. The van der Waals surface area contributed by atoms with Gasteiger partial charge in [0.05, 0.1) is 0 Å². The molecule has 0 bridgehead atoms. The van der Waals surface area contributed by atoms with E-state index in [-0.39, 0.29) is 17.9 Å². The Balaban J connectivity index is 2.31. The zero-order chi connectivity index (χ0) is 13.6. The summed E-state index contributed by atoms with van der Waals surface area (Å²) in [6, 6.07) is 3.51. The van der Waals surface area contributed by atoms with Crippen molar-refractivity contribution in [2.75, 3.05) is 13.2 Å². The quantitative estimate of drug-likeness (QED) is 0.698. The van der Waals surface area contributed by atoms with Crippen LogP contribution in [0.4, 0.5) is 0 Å². The van der Waals surface area contributed by atoms with Gasteiger partial charge in [0, 0.05) is 25.1 Å². The number of rotatable bonds is 8. The molecule has 0 aromatic carbocycles. The maximum Gasteiger partial charge on any atom is 0.199 e. The van der Waals surface area contributed by atoms with Gasteiger partial charge in [0.15, 0.2) is 11.5 Å². The molecule has 2 N–H and O–H groups in total. The highest BCUT2D eigenvalue weighted by Crippen LogP contribution is 2.12. The van der Waals surface area contributed by atoms with Crippen LogP contribution in [0, 0.1) is 6.92 Å². The molecule has 1 rings (SSSR count). The van der Waals surface area contributed by atoms with Crippen molar-refractivity contribution in [2.24, 2.45) is 0 Å². The van der Waals surface area contributed by atoms with Gasteiger partial charge in [0.1, 0.15) is 5.76 Å². The number of carbonyl (C=O) groups excluding carboxylic acids is 1. The van der Waals surface area contributed by atoms with E-state index in [0.717, 1.165) is 18.6 Å². The highest BCUT2D eigenvalue weighted by Gasteiger charge is 2.17. The lowest BCUT2D eigenvalue weighted by Crippen LogP contribution is -2.40. The molecule has 0 aliphatic heterocycles. The van der Waals surface area contributed by atoms with Crippen LogP contribution in [-0.4, -0.2) is 29.6 Å². The van der Waals surface area contributed by atoms with Crippen molar-refractivity contribution in [1.29, 1.82) is 0 Å². The number of aryl methyl sites for hydroxylation is 1. The van der Waals surface area contributed by atoms with Gasteiger partial charge in [-0.05, 0) is 45.7 Å². The van der Waals surface area contributed by atoms with Crippen LogP contribution in [0.15, 0.2) is 16.5 Å². The summed E-state index contributed by atoms with van der Waals surface area (Å²) in [6.45, 7) is 6.80. The monoisotopic (exact) mass is 253 g/mol. The molecule has 0 radical (unpaired) electrons. The summed E-state index contributed by atoms with van der Waals surface area (Å²) in [5, 5.41) is 12.1. The van der Waals surface area contributed by atoms with Gasteiger partial charge in [-0.1, -0.05) is 0 Å². The van der Waals surface area contributed by atoms with Gasteiger partial charge in [-0.25, -0.2) is 0 Å². The van der Waals surface area contributed by atoms with Crippen molar-refractivity contribution in [3.63, 3.8) is 0 Å². The van der Waals surface area contributed by atoms with Crippen molar-refractivity contribution < 1.29 is 14.3 Å². The SMILES string of the molecule is Cc1ccc(C(=O)CCNC(C)(C)CCCO)o1.